The van der Waals surface area contributed by atoms with Crippen molar-refractivity contribution in [1.29, 1.82) is 0 Å². The average molecular weight is 331 g/mol. The van der Waals surface area contributed by atoms with E-state index in [4.69, 9.17) is 9.47 Å². The van der Waals surface area contributed by atoms with Crippen LogP contribution in [0, 0.1) is 0 Å². The Hall–Kier alpha value is -0.490. The minimum atomic E-state index is -0.236. The summed E-state index contributed by atoms with van der Waals surface area (Å²) in [5.41, 5.74) is 1.03. The van der Waals surface area contributed by atoms with Crippen molar-refractivity contribution in [3.8, 4) is 0 Å². The van der Waals surface area contributed by atoms with Crippen LogP contribution < -0.4 is 5.32 Å². The molecule has 0 spiro atoms. The summed E-state index contributed by atoms with van der Waals surface area (Å²) in [7, 11) is 0. The van der Waals surface area contributed by atoms with Gasteiger partial charge < -0.3 is 14.8 Å². The molecule has 108 valence electrons. The van der Waals surface area contributed by atoms with Gasteiger partial charge in [0.15, 0.2) is 6.29 Å². The van der Waals surface area contributed by atoms with E-state index in [1.807, 2.05) is 32.2 Å². The van der Waals surface area contributed by atoms with Crippen molar-refractivity contribution in [3.05, 3.63) is 28.5 Å². The van der Waals surface area contributed by atoms with Crippen LogP contribution in [-0.4, -0.2) is 37.1 Å². The first-order valence-corrected chi connectivity index (χ1v) is 7.57. The molecule has 0 fully saturated rings. The normalized spacial score (nSPS) is 12.9. The van der Waals surface area contributed by atoms with Crippen LogP contribution in [0.3, 0.4) is 0 Å². The molecular formula is C14H23BrN2O2. The minimum Gasteiger partial charge on any atom is -0.351 e. The molecule has 1 heterocycles. The Bertz CT molecular complexity index is 340. The Labute approximate surface area is 124 Å². The molecule has 0 aromatic carbocycles. The van der Waals surface area contributed by atoms with Crippen LogP contribution in [0.4, 0.5) is 0 Å². The van der Waals surface area contributed by atoms with Crippen molar-refractivity contribution >= 4 is 15.9 Å². The number of aromatic nitrogens is 1. The van der Waals surface area contributed by atoms with Crippen LogP contribution in [0.25, 0.3) is 0 Å². The van der Waals surface area contributed by atoms with Crippen LogP contribution in [-0.2, 0) is 15.9 Å². The van der Waals surface area contributed by atoms with Gasteiger partial charge in [0.05, 0.1) is 6.04 Å². The Balaban J connectivity index is 2.71. The largest absolute Gasteiger partial charge is 0.351 e. The SMILES string of the molecule is CCNC(Cc1ccc(Br)cn1)C(OCC)OCC. The van der Waals surface area contributed by atoms with E-state index in [9.17, 15) is 0 Å². The fourth-order valence-corrected chi connectivity index (χ4v) is 2.12. The van der Waals surface area contributed by atoms with Crippen molar-refractivity contribution in [3.63, 3.8) is 0 Å². The molecular weight excluding hydrogens is 308 g/mol. The first-order valence-electron chi connectivity index (χ1n) is 6.78. The van der Waals surface area contributed by atoms with Gasteiger partial charge in [-0.05, 0) is 48.5 Å². The number of nitrogens with zero attached hydrogens (tertiary/aromatic N) is 1. The van der Waals surface area contributed by atoms with Crippen LogP contribution in [0.5, 0.6) is 0 Å². The zero-order chi connectivity index (χ0) is 14.1. The number of ether oxygens (including phenoxy) is 2. The number of hydrogen-bond acceptors (Lipinski definition) is 4. The monoisotopic (exact) mass is 330 g/mol. The zero-order valence-electron chi connectivity index (χ0n) is 11.9. The highest BCUT2D eigenvalue weighted by Crippen LogP contribution is 2.12. The van der Waals surface area contributed by atoms with Gasteiger partial charge in [0, 0.05) is 36.0 Å². The van der Waals surface area contributed by atoms with Crippen LogP contribution in [0.2, 0.25) is 0 Å². The molecule has 1 aromatic rings. The number of nitrogens with one attached hydrogen (secondary N) is 1. The smallest absolute Gasteiger partial charge is 0.173 e. The maximum absolute atomic E-state index is 5.67. The third-order valence-electron chi connectivity index (χ3n) is 2.67. The van der Waals surface area contributed by atoms with Crippen molar-refractivity contribution < 1.29 is 9.47 Å². The molecule has 0 saturated carbocycles. The quantitative estimate of drug-likeness (QED) is 0.707. The standard InChI is InChI=1S/C14H23BrN2O2/c1-4-16-13(14(18-5-2)19-6-3)9-12-8-7-11(15)10-17-12/h7-8,10,13-14,16H,4-6,9H2,1-3H3. The molecule has 0 amide bonds. The third-order valence-corrected chi connectivity index (χ3v) is 3.14. The van der Waals surface area contributed by atoms with Gasteiger partial charge in [-0.15, -0.1) is 0 Å². The van der Waals surface area contributed by atoms with Gasteiger partial charge in [-0.2, -0.15) is 0 Å². The number of rotatable bonds is 9. The number of likely N-dealkylation sites (N-methyl/N-ethyl adjacent to an activating group) is 1. The van der Waals surface area contributed by atoms with Crippen molar-refractivity contribution in [2.75, 3.05) is 19.8 Å². The first-order chi connectivity index (χ1) is 9.21. The van der Waals surface area contributed by atoms with Gasteiger partial charge in [-0.25, -0.2) is 0 Å². The topological polar surface area (TPSA) is 43.4 Å². The van der Waals surface area contributed by atoms with Gasteiger partial charge in [-0.3, -0.25) is 4.98 Å². The van der Waals surface area contributed by atoms with E-state index in [1.165, 1.54) is 0 Å². The molecule has 5 heteroatoms. The molecule has 1 atom stereocenters. The summed E-state index contributed by atoms with van der Waals surface area (Å²) in [4.78, 5) is 4.40. The number of hydrogen-bond donors (Lipinski definition) is 1. The summed E-state index contributed by atoms with van der Waals surface area (Å²) in [6.07, 6.45) is 2.36. The molecule has 19 heavy (non-hydrogen) atoms. The van der Waals surface area contributed by atoms with E-state index >= 15 is 0 Å². The minimum absolute atomic E-state index is 0.110. The second kappa shape index (κ2) is 9.42. The van der Waals surface area contributed by atoms with Gasteiger partial charge in [0.2, 0.25) is 0 Å². The lowest BCUT2D eigenvalue weighted by Crippen LogP contribution is -2.44. The highest BCUT2D eigenvalue weighted by Gasteiger charge is 2.22. The molecule has 1 unspecified atom stereocenters. The number of halogens is 1. The first kappa shape index (κ1) is 16.6. The maximum Gasteiger partial charge on any atom is 0.173 e. The van der Waals surface area contributed by atoms with Gasteiger partial charge in [0.25, 0.3) is 0 Å². The Morgan fingerprint density at radius 3 is 2.37 bits per heavy atom. The molecule has 0 aliphatic rings. The summed E-state index contributed by atoms with van der Waals surface area (Å²) in [5, 5.41) is 3.41. The van der Waals surface area contributed by atoms with Crippen molar-refractivity contribution in [1.82, 2.24) is 10.3 Å². The van der Waals surface area contributed by atoms with Gasteiger partial charge in [0.1, 0.15) is 0 Å². The molecule has 4 nitrogen and oxygen atoms in total. The second-order valence-electron chi connectivity index (χ2n) is 4.12. The van der Waals surface area contributed by atoms with E-state index in [2.05, 4.69) is 33.2 Å². The molecule has 0 aliphatic carbocycles. The molecule has 0 saturated heterocycles. The van der Waals surface area contributed by atoms with Crippen molar-refractivity contribution in [2.45, 2.75) is 39.5 Å². The maximum atomic E-state index is 5.67. The molecule has 0 radical (unpaired) electrons. The van der Waals surface area contributed by atoms with E-state index in [0.29, 0.717) is 13.2 Å². The highest BCUT2D eigenvalue weighted by molar-refractivity contribution is 9.10. The zero-order valence-corrected chi connectivity index (χ0v) is 13.4. The third kappa shape index (κ3) is 5.99. The summed E-state index contributed by atoms with van der Waals surface area (Å²) in [6, 6.07) is 4.13. The predicted molar refractivity (Wildman–Crippen MR) is 80.1 cm³/mol. The fourth-order valence-electron chi connectivity index (χ4n) is 1.89. The molecule has 1 aromatic heterocycles. The molecule has 0 aliphatic heterocycles. The van der Waals surface area contributed by atoms with Crippen LogP contribution >= 0.6 is 15.9 Å². The van der Waals surface area contributed by atoms with E-state index in [1.54, 1.807) is 0 Å². The van der Waals surface area contributed by atoms with Gasteiger partial charge in [-0.1, -0.05) is 6.92 Å². The molecule has 1 rings (SSSR count). The van der Waals surface area contributed by atoms with Crippen LogP contribution in [0.15, 0.2) is 22.8 Å². The number of pyridine rings is 1. The summed E-state index contributed by atoms with van der Waals surface area (Å²) >= 11 is 3.39. The van der Waals surface area contributed by atoms with E-state index in [-0.39, 0.29) is 12.3 Å². The van der Waals surface area contributed by atoms with Crippen LogP contribution in [0.1, 0.15) is 26.5 Å². The predicted octanol–water partition coefficient (Wildman–Crippen LogP) is 2.76. The van der Waals surface area contributed by atoms with Crippen molar-refractivity contribution in [2.24, 2.45) is 0 Å². The van der Waals surface area contributed by atoms with Gasteiger partial charge >= 0.3 is 0 Å². The molecule has 0 bridgehead atoms. The summed E-state index contributed by atoms with van der Waals surface area (Å²) in [5.74, 6) is 0. The summed E-state index contributed by atoms with van der Waals surface area (Å²) in [6.45, 7) is 8.19. The average Bonchev–Trinajstić information content (AvgIpc) is 2.40. The second-order valence-corrected chi connectivity index (χ2v) is 5.03. The Kier molecular flexibility index (Phi) is 8.21. The van der Waals surface area contributed by atoms with E-state index in [0.717, 1.165) is 23.1 Å². The fraction of sp³-hybridized carbons (Fsp3) is 0.643. The lowest BCUT2D eigenvalue weighted by Gasteiger charge is -2.27. The Morgan fingerprint density at radius 1 is 1.21 bits per heavy atom. The summed E-state index contributed by atoms with van der Waals surface area (Å²) < 4.78 is 12.3. The van der Waals surface area contributed by atoms with E-state index < -0.39 is 0 Å². The lowest BCUT2D eigenvalue weighted by atomic mass is 10.1. The molecule has 1 N–H and O–H groups in total. The lowest BCUT2D eigenvalue weighted by molar-refractivity contribution is -0.153. The highest BCUT2D eigenvalue weighted by atomic mass is 79.9. The Morgan fingerprint density at radius 2 is 1.89 bits per heavy atom.